The second kappa shape index (κ2) is 6.33. The van der Waals surface area contributed by atoms with Gasteiger partial charge in [0, 0.05) is 18.7 Å². The highest BCUT2D eigenvalue weighted by molar-refractivity contribution is 5.99. The number of rotatable bonds is 5. The maximum atomic E-state index is 12.6. The van der Waals surface area contributed by atoms with E-state index >= 15 is 0 Å². The topological polar surface area (TPSA) is 66.6 Å². The predicted molar refractivity (Wildman–Crippen MR) is 95.6 cm³/mol. The van der Waals surface area contributed by atoms with Crippen LogP contribution in [0.1, 0.15) is 52.3 Å². The van der Waals surface area contributed by atoms with Crippen molar-refractivity contribution in [3.8, 4) is 0 Å². The van der Waals surface area contributed by atoms with Gasteiger partial charge in [-0.3, -0.25) is 4.79 Å². The SMILES string of the molecule is Cc1cccc(C(O)CNC(=O)c2nc(C3CC3)n3ccccc23)c1. The van der Waals surface area contributed by atoms with E-state index in [0.29, 0.717) is 11.6 Å². The molecule has 1 fully saturated rings. The maximum Gasteiger partial charge on any atom is 0.272 e. The lowest BCUT2D eigenvalue weighted by atomic mass is 10.1. The first-order chi connectivity index (χ1) is 12.1. The molecule has 1 atom stereocenters. The number of carbonyl (C=O) groups excluding carboxylic acids is 1. The summed E-state index contributed by atoms with van der Waals surface area (Å²) in [4.78, 5) is 17.2. The Morgan fingerprint density at radius 3 is 2.92 bits per heavy atom. The number of amides is 1. The average Bonchev–Trinajstić information content (AvgIpc) is 3.39. The summed E-state index contributed by atoms with van der Waals surface area (Å²) in [5.41, 5.74) is 3.12. The minimum Gasteiger partial charge on any atom is -0.387 e. The predicted octanol–water partition coefficient (Wildman–Crippen LogP) is 2.98. The maximum absolute atomic E-state index is 12.6. The number of carbonyl (C=O) groups is 1. The van der Waals surface area contributed by atoms with Crippen LogP contribution in [0.15, 0.2) is 48.7 Å². The molecular weight excluding hydrogens is 314 g/mol. The third-order valence-electron chi connectivity index (χ3n) is 4.62. The molecule has 4 rings (SSSR count). The number of aliphatic hydroxyl groups excluding tert-OH is 1. The Balaban J connectivity index is 1.52. The Labute approximate surface area is 146 Å². The normalized spacial score (nSPS) is 15.3. The highest BCUT2D eigenvalue weighted by atomic mass is 16.3. The van der Waals surface area contributed by atoms with Crippen LogP contribution in [0.5, 0.6) is 0 Å². The highest BCUT2D eigenvalue weighted by Crippen LogP contribution is 2.39. The van der Waals surface area contributed by atoms with E-state index < -0.39 is 6.10 Å². The van der Waals surface area contributed by atoms with Gasteiger partial charge in [0.2, 0.25) is 0 Å². The fourth-order valence-electron chi connectivity index (χ4n) is 3.13. The quantitative estimate of drug-likeness (QED) is 0.753. The van der Waals surface area contributed by atoms with Crippen LogP contribution in [0.25, 0.3) is 5.52 Å². The van der Waals surface area contributed by atoms with Crippen molar-refractivity contribution in [2.45, 2.75) is 31.8 Å². The Morgan fingerprint density at radius 1 is 1.32 bits per heavy atom. The van der Waals surface area contributed by atoms with E-state index in [9.17, 15) is 9.90 Å². The fourth-order valence-corrected chi connectivity index (χ4v) is 3.13. The van der Waals surface area contributed by atoms with E-state index in [2.05, 4.69) is 10.3 Å². The zero-order valence-corrected chi connectivity index (χ0v) is 14.1. The Morgan fingerprint density at radius 2 is 2.16 bits per heavy atom. The molecule has 0 saturated heterocycles. The summed E-state index contributed by atoms with van der Waals surface area (Å²) >= 11 is 0. The smallest absolute Gasteiger partial charge is 0.272 e. The van der Waals surface area contributed by atoms with Crippen LogP contribution < -0.4 is 5.32 Å². The molecule has 2 heterocycles. The minimum absolute atomic E-state index is 0.160. The first-order valence-corrected chi connectivity index (χ1v) is 8.63. The molecule has 1 saturated carbocycles. The van der Waals surface area contributed by atoms with Crippen molar-refractivity contribution in [1.82, 2.24) is 14.7 Å². The monoisotopic (exact) mass is 335 g/mol. The second-order valence-electron chi connectivity index (χ2n) is 6.69. The average molecular weight is 335 g/mol. The number of hydrogen-bond donors (Lipinski definition) is 2. The lowest BCUT2D eigenvalue weighted by Crippen LogP contribution is -2.28. The van der Waals surface area contributed by atoms with Crippen LogP contribution in [0.2, 0.25) is 0 Å². The van der Waals surface area contributed by atoms with Crippen LogP contribution in [-0.2, 0) is 0 Å². The molecule has 5 heteroatoms. The van der Waals surface area contributed by atoms with E-state index in [1.165, 1.54) is 0 Å². The highest BCUT2D eigenvalue weighted by Gasteiger charge is 2.30. The summed E-state index contributed by atoms with van der Waals surface area (Å²) < 4.78 is 2.00. The first-order valence-electron chi connectivity index (χ1n) is 8.63. The van der Waals surface area contributed by atoms with Crippen molar-refractivity contribution in [3.63, 3.8) is 0 Å². The van der Waals surface area contributed by atoms with Gasteiger partial charge >= 0.3 is 0 Å². The number of hydrogen-bond acceptors (Lipinski definition) is 3. The Bertz CT molecular complexity index is 928. The zero-order chi connectivity index (χ0) is 17.4. The summed E-state index contributed by atoms with van der Waals surface area (Å²) in [5.74, 6) is 1.16. The molecule has 25 heavy (non-hydrogen) atoms. The van der Waals surface area contributed by atoms with Crippen LogP contribution in [-0.4, -0.2) is 26.9 Å². The number of nitrogens with one attached hydrogen (secondary N) is 1. The van der Waals surface area contributed by atoms with Crippen molar-refractivity contribution < 1.29 is 9.90 Å². The molecule has 0 bridgehead atoms. The molecule has 0 spiro atoms. The van der Waals surface area contributed by atoms with Crippen LogP contribution >= 0.6 is 0 Å². The molecule has 0 radical (unpaired) electrons. The Hall–Kier alpha value is -2.66. The molecule has 1 amide bonds. The van der Waals surface area contributed by atoms with Gasteiger partial charge in [-0.05, 0) is 37.5 Å². The number of fused-ring (bicyclic) bond motifs is 1. The van der Waals surface area contributed by atoms with E-state index in [0.717, 1.165) is 35.3 Å². The van der Waals surface area contributed by atoms with Crippen molar-refractivity contribution in [3.05, 3.63) is 71.3 Å². The number of nitrogens with zero attached hydrogens (tertiary/aromatic N) is 2. The van der Waals surface area contributed by atoms with Crippen molar-refractivity contribution in [2.75, 3.05) is 6.54 Å². The van der Waals surface area contributed by atoms with Gasteiger partial charge < -0.3 is 14.8 Å². The number of aromatic nitrogens is 2. The number of imidazole rings is 1. The van der Waals surface area contributed by atoms with Gasteiger partial charge in [-0.15, -0.1) is 0 Å². The van der Waals surface area contributed by atoms with Gasteiger partial charge in [0.15, 0.2) is 5.69 Å². The number of pyridine rings is 1. The summed E-state index contributed by atoms with van der Waals surface area (Å²) in [6.07, 6.45) is 3.47. The van der Waals surface area contributed by atoms with Crippen molar-refractivity contribution >= 4 is 11.4 Å². The largest absolute Gasteiger partial charge is 0.387 e. The molecule has 2 N–H and O–H groups in total. The van der Waals surface area contributed by atoms with Crippen molar-refractivity contribution in [2.24, 2.45) is 0 Å². The number of aliphatic hydroxyl groups is 1. The molecule has 1 unspecified atom stereocenters. The first kappa shape index (κ1) is 15.8. The van der Waals surface area contributed by atoms with Gasteiger partial charge in [-0.2, -0.15) is 0 Å². The van der Waals surface area contributed by atoms with Crippen LogP contribution in [0.4, 0.5) is 0 Å². The molecule has 0 aliphatic heterocycles. The van der Waals surface area contributed by atoms with Crippen LogP contribution in [0.3, 0.4) is 0 Å². The minimum atomic E-state index is -0.736. The Kier molecular flexibility index (Phi) is 4.01. The summed E-state index contributed by atoms with van der Waals surface area (Å²) in [5, 5.41) is 13.1. The molecule has 3 aromatic rings. The molecule has 128 valence electrons. The number of benzene rings is 1. The summed E-state index contributed by atoms with van der Waals surface area (Å²) in [6.45, 7) is 2.14. The van der Waals surface area contributed by atoms with Gasteiger partial charge in [0.05, 0.1) is 11.6 Å². The third-order valence-corrected chi connectivity index (χ3v) is 4.62. The molecule has 2 aromatic heterocycles. The van der Waals surface area contributed by atoms with Gasteiger partial charge in [-0.25, -0.2) is 4.98 Å². The molecular formula is C20H21N3O2. The fraction of sp³-hybridized carbons (Fsp3) is 0.300. The summed E-state index contributed by atoms with van der Waals surface area (Å²) in [7, 11) is 0. The molecule has 5 nitrogen and oxygen atoms in total. The van der Waals surface area contributed by atoms with Gasteiger partial charge in [-0.1, -0.05) is 35.9 Å². The number of aryl methyl sites for hydroxylation is 1. The van der Waals surface area contributed by atoms with Crippen molar-refractivity contribution in [1.29, 1.82) is 0 Å². The van der Waals surface area contributed by atoms with E-state index in [-0.39, 0.29) is 12.5 Å². The zero-order valence-electron chi connectivity index (χ0n) is 14.1. The summed E-state index contributed by atoms with van der Waals surface area (Å²) in [6, 6.07) is 13.4. The van der Waals surface area contributed by atoms with Gasteiger partial charge in [0.1, 0.15) is 5.82 Å². The molecule has 1 aliphatic carbocycles. The van der Waals surface area contributed by atoms with Gasteiger partial charge in [0.25, 0.3) is 5.91 Å². The molecule has 1 aliphatic rings. The standard InChI is InChI=1S/C20H21N3O2/c1-13-5-4-6-15(11-13)17(24)12-21-20(25)18-16-7-2-3-10-23(16)19(22-18)14-8-9-14/h2-7,10-11,14,17,24H,8-9,12H2,1H3,(H,21,25). The van der Waals surface area contributed by atoms with E-state index in [1.807, 2.05) is 60.0 Å². The van der Waals surface area contributed by atoms with E-state index in [4.69, 9.17) is 0 Å². The lowest BCUT2D eigenvalue weighted by Gasteiger charge is -2.12. The molecule has 1 aromatic carbocycles. The lowest BCUT2D eigenvalue weighted by molar-refractivity contribution is 0.0913. The third kappa shape index (κ3) is 3.15. The van der Waals surface area contributed by atoms with Crippen LogP contribution in [0, 0.1) is 6.92 Å². The second-order valence-corrected chi connectivity index (χ2v) is 6.69. The van der Waals surface area contributed by atoms with E-state index in [1.54, 1.807) is 0 Å².